The Bertz CT molecular complexity index is 973. The Kier molecular flexibility index (Phi) is 3.71. The molecule has 0 aromatic carbocycles. The fourth-order valence-electron chi connectivity index (χ4n) is 11.4. The molecule has 5 nitrogen and oxygen atoms in total. The van der Waals surface area contributed by atoms with Gasteiger partial charge < -0.3 is 19.7 Å². The summed E-state index contributed by atoms with van der Waals surface area (Å²) in [6, 6.07) is 0. The summed E-state index contributed by atoms with van der Waals surface area (Å²) >= 11 is 0. The van der Waals surface area contributed by atoms with Gasteiger partial charge in [-0.15, -0.1) is 0 Å². The van der Waals surface area contributed by atoms with Crippen LogP contribution in [-0.4, -0.2) is 45.7 Å². The molecule has 0 radical (unpaired) electrons. The zero-order chi connectivity index (χ0) is 23.4. The SMILES string of the molecule is C=C1CC[C@@]23CC[C@]4(C)[C@@](OC2=O)([C@@H]3C1)[C@H]1O[C@H]1[C@@H]1[C@@]2(C)CC[C@H](O)[C@](C)(O)[C@@H]2CC[C@]14C. The molecule has 2 bridgehead atoms. The lowest BCUT2D eigenvalue weighted by Gasteiger charge is -2.71. The average Bonchev–Trinajstić information content (AvgIpc) is 3.49. The molecule has 7 aliphatic rings. The van der Waals surface area contributed by atoms with Crippen molar-refractivity contribution in [2.24, 2.45) is 39.4 Å². The zero-order valence-corrected chi connectivity index (χ0v) is 20.7. The third kappa shape index (κ3) is 1.99. The highest BCUT2D eigenvalue weighted by atomic mass is 16.6. The molecular weight excluding hydrogens is 416 g/mol. The summed E-state index contributed by atoms with van der Waals surface area (Å²) < 4.78 is 13.3. The predicted octanol–water partition coefficient (Wildman–Crippen LogP) is 4.15. The minimum atomic E-state index is -1.07. The smallest absolute Gasteiger partial charge is 0.313 e. The van der Waals surface area contributed by atoms with Crippen LogP contribution in [0.5, 0.6) is 0 Å². The molecular formula is C28H40O5. The molecule has 2 N–H and O–H groups in total. The Morgan fingerprint density at radius 3 is 2.52 bits per heavy atom. The molecule has 2 saturated heterocycles. The quantitative estimate of drug-likeness (QED) is 0.325. The molecule has 7 fully saturated rings. The van der Waals surface area contributed by atoms with E-state index in [-0.39, 0.29) is 51.7 Å². The molecule has 0 aromatic heterocycles. The molecule has 33 heavy (non-hydrogen) atoms. The average molecular weight is 457 g/mol. The van der Waals surface area contributed by atoms with Crippen LogP contribution in [0.25, 0.3) is 0 Å². The zero-order valence-electron chi connectivity index (χ0n) is 20.7. The van der Waals surface area contributed by atoms with Gasteiger partial charge in [0.05, 0.1) is 23.2 Å². The molecule has 182 valence electrons. The van der Waals surface area contributed by atoms with Crippen LogP contribution < -0.4 is 0 Å². The second-order valence-electron chi connectivity index (χ2n) is 14.0. The first-order chi connectivity index (χ1) is 15.4. The van der Waals surface area contributed by atoms with E-state index >= 15 is 0 Å². The van der Waals surface area contributed by atoms with Gasteiger partial charge in [0.2, 0.25) is 0 Å². The van der Waals surface area contributed by atoms with E-state index < -0.39 is 17.3 Å². The van der Waals surface area contributed by atoms with Crippen LogP contribution in [0.1, 0.15) is 85.5 Å². The summed E-state index contributed by atoms with van der Waals surface area (Å²) in [6.07, 6.45) is 7.39. The van der Waals surface area contributed by atoms with E-state index in [0.717, 1.165) is 51.4 Å². The lowest BCUT2D eigenvalue weighted by molar-refractivity contribution is -0.280. The lowest BCUT2D eigenvalue weighted by Crippen LogP contribution is -2.75. The number of hydrogen-bond donors (Lipinski definition) is 2. The number of fused-ring (bicyclic) bond motifs is 6. The van der Waals surface area contributed by atoms with Crippen molar-refractivity contribution in [2.45, 2.75) is 115 Å². The van der Waals surface area contributed by atoms with Gasteiger partial charge in [0.15, 0.2) is 5.60 Å². The minimum absolute atomic E-state index is 0.0312. The van der Waals surface area contributed by atoms with Crippen LogP contribution in [0, 0.1) is 39.4 Å². The number of carbonyl (C=O) groups is 1. The Labute approximate surface area is 197 Å². The maximum Gasteiger partial charge on any atom is 0.313 e. The first kappa shape index (κ1) is 21.4. The highest BCUT2D eigenvalue weighted by Crippen LogP contribution is 2.82. The number of esters is 1. The van der Waals surface area contributed by atoms with Crippen molar-refractivity contribution in [3.8, 4) is 0 Å². The Morgan fingerprint density at radius 1 is 1.00 bits per heavy atom. The largest absolute Gasteiger partial charge is 0.455 e. The van der Waals surface area contributed by atoms with Gasteiger partial charge in [0.1, 0.15) is 6.10 Å². The number of aliphatic hydroxyl groups is 2. The fraction of sp³-hybridized carbons (Fsp3) is 0.893. The van der Waals surface area contributed by atoms with E-state index in [1.54, 1.807) is 0 Å². The lowest BCUT2D eigenvalue weighted by atomic mass is 9.31. The molecule has 0 unspecified atom stereocenters. The molecule has 2 heterocycles. The van der Waals surface area contributed by atoms with E-state index in [9.17, 15) is 15.0 Å². The maximum absolute atomic E-state index is 13.6. The van der Waals surface area contributed by atoms with E-state index in [1.807, 2.05) is 6.92 Å². The van der Waals surface area contributed by atoms with E-state index in [2.05, 4.69) is 27.4 Å². The van der Waals surface area contributed by atoms with E-state index in [1.165, 1.54) is 5.57 Å². The monoisotopic (exact) mass is 456 g/mol. The molecule has 5 aliphatic carbocycles. The normalized spacial score (nSPS) is 65.2. The second kappa shape index (κ2) is 5.73. The van der Waals surface area contributed by atoms with E-state index in [4.69, 9.17) is 9.47 Å². The molecule has 5 saturated carbocycles. The van der Waals surface area contributed by atoms with E-state index in [0.29, 0.717) is 12.3 Å². The molecule has 2 aliphatic heterocycles. The number of hydrogen-bond acceptors (Lipinski definition) is 5. The Morgan fingerprint density at radius 2 is 1.76 bits per heavy atom. The summed E-state index contributed by atoms with van der Waals surface area (Å²) in [5, 5.41) is 22.1. The summed E-state index contributed by atoms with van der Waals surface area (Å²) in [7, 11) is 0. The van der Waals surface area contributed by atoms with Gasteiger partial charge >= 0.3 is 5.97 Å². The van der Waals surface area contributed by atoms with Crippen molar-refractivity contribution in [2.75, 3.05) is 0 Å². The third-order valence-corrected chi connectivity index (χ3v) is 13.2. The van der Waals surface area contributed by atoms with Crippen molar-refractivity contribution in [1.29, 1.82) is 0 Å². The topological polar surface area (TPSA) is 79.3 Å². The van der Waals surface area contributed by atoms with Crippen LogP contribution in [0.4, 0.5) is 0 Å². The third-order valence-electron chi connectivity index (χ3n) is 13.2. The summed E-state index contributed by atoms with van der Waals surface area (Å²) in [4.78, 5) is 13.6. The summed E-state index contributed by atoms with van der Waals surface area (Å²) in [6.45, 7) is 13.4. The summed E-state index contributed by atoms with van der Waals surface area (Å²) in [5.41, 5.74) is -1.04. The minimum Gasteiger partial charge on any atom is -0.455 e. The predicted molar refractivity (Wildman–Crippen MR) is 122 cm³/mol. The van der Waals surface area contributed by atoms with Crippen LogP contribution >= 0.6 is 0 Å². The van der Waals surface area contributed by atoms with Gasteiger partial charge in [0.25, 0.3) is 0 Å². The Hall–Kier alpha value is -0.910. The van der Waals surface area contributed by atoms with Crippen LogP contribution in [0.2, 0.25) is 0 Å². The highest BCUT2D eigenvalue weighted by molar-refractivity contribution is 5.82. The van der Waals surface area contributed by atoms with Gasteiger partial charge in [-0.05, 0) is 87.4 Å². The summed E-state index contributed by atoms with van der Waals surface area (Å²) in [5.74, 6) is 0.551. The number of allylic oxidation sites excluding steroid dienone is 1. The number of epoxide rings is 1. The van der Waals surface area contributed by atoms with Crippen molar-refractivity contribution in [3.05, 3.63) is 12.2 Å². The first-order valence-electron chi connectivity index (χ1n) is 13.3. The van der Waals surface area contributed by atoms with Crippen molar-refractivity contribution in [1.82, 2.24) is 0 Å². The molecule has 5 heteroatoms. The van der Waals surface area contributed by atoms with Gasteiger partial charge in [-0.3, -0.25) is 4.79 Å². The molecule has 1 spiro atoms. The maximum atomic E-state index is 13.6. The van der Waals surface area contributed by atoms with Crippen LogP contribution in [0.3, 0.4) is 0 Å². The Balaban J connectivity index is 1.39. The molecule has 7 rings (SSSR count). The fourth-order valence-corrected chi connectivity index (χ4v) is 11.4. The van der Waals surface area contributed by atoms with Gasteiger partial charge in [-0.1, -0.05) is 32.9 Å². The number of ether oxygens (including phenoxy) is 2. The molecule has 0 amide bonds. The molecule has 12 atom stereocenters. The van der Waals surface area contributed by atoms with Gasteiger partial charge in [-0.2, -0.15) is 0 Å². The number of aliphatic hydroxyl groups excluding tert-OH is 1. The van der Waals surface area contributed by atoms with Gasteiger partial charge in [0, 0.05) is 11.3 Å². The molecule has 0 aromatic rings. The van der Waals surface area contributed by atoms with Crippen molar-refractivity contribution < 1.29 is 24.5 Å². The second-order valence-corrected chi connectivity index (χ2v) is 14.0. The van der Waals surface area contributed by atoms with Crippen molar-refractivity contribution in [3.63, 3.8) is 0 Å². The standard InChI is InChI=1S/C28H40O5/c1-15-6-11-27-13-12-25(4)24(3)10-7-16-23(2,9-8-18(29)26(16,5)31)20(24)19-21(32-19)28(25,17(27)14-15)33-22(27)30/h16-21,29,31H,1,6-14H2,2-5H3/t16-,17-,18+,19+,20-,21+,23+,24-,25+,26-,27+,28-/m1/s1. The van der Waals surface area contributed by atoms with Crippen molar-refractivity contribution >= 4 is 5.97 Å². The van der Waals surface area contributed by atoms with Crippen LogP contribution in [0.15, 0.2) is 12.2 Å². The van der Waals surface area contributed by atoms with Crippen LogP contribution in [-0.2, 0) is 14.3 Å². The van der Waals surface area contributed by atoms with Gasteiger partial charge in [-0.25, -0.2) is 0 Å². The highest BCUT2D eigenvalue weighted by Gasteiger charge is 2.88. The first-order valence-corrected chi connectivity index (χ1v) is 13.3. The number of rotatable bonds is 0. The number of carbonyl (C=O) groups excluding carboxylic acids is 1.